The highest BCUT2D eigenvalue weighted by Gasteiger charge is 2.34. The minimum absolute atomic E-state index is 0.448. The van der Waals surface area contributed by atoms with E-state index in [2.05, 4.69) is 32.6 Å². The van der Waals surface area contributed by atoms with Crippen molar-refractivity contribution in [1.29, 1.82) is 0 Å². The maximum atomic E-state index is 6.41. The molecule has 2 fully saturated rings. The van der Waals surface area contributed by atoms with E-state index < -0.39 is 0 Å². The van der Waals surface area contributed by atoms with Gasteiger partial charge in [-0.2, -0.15) is 0 Å². The van der Waals surface area contributed by atoms with E-state index in [0.29, 0.717) is 6.04 Å². The molecule has 0 aromatic carbocycles. The first-order chi connectivity index (χ1) is 8.99. The van der Waals surface area contributed by atoms with Crippen LogP contribution in [0, 0.1) is 23.7 Å². The fourth-order valence-corrected chi connectivity index (χ4v) is 4.27. The predicted molar refractivity (Wildman–Crippen MR) is 83.1 cm³/mol. The zero-order chi connectivity index (χ0) is 14.0. The van der Waals surface area contributed by atoms with Crippen LogP contribution in [-0.2, 0) is 0 Å². The lowest BCUT2D eigenvalue weighted by molar-refractivity contribution is 0.116. The van der Waals surface area contributed by atoms with E-state index in [0.717, 1.165) is 29.7 Å². The second-order valence-corrected chi connectivity index (χ2v) is 7.69. The number of rotatable bonds is 4. The monoisotopic (exact) mass is 266 g/mol. The van der Waals surface area contributed by atoms with Crippen LogP contribution >= 0.6 is 0 Å². The van der Waals surface area contributed by atoms with Crippen LogP contribution in [0.4, 0.5) is 0 Å². The fraction of sp³-hybridized carbons (Fsp3) is 1.00. The summed E-state index contributed by atoms with van der Waals surface area (Å²) in [6.45, 7) is 12.1. The highest BCUT2D eigenvalue weighted by Crippen LogP contribution is 2.35. The van der Waals surface area contributed by atoms with Gasteiger partial charge in [0.2, 0.25) is 0 Å². The molecular formula is C17H34N2. The van der Waals surface area contributed by atoms with Gasteiger partial charge in [0, 0.05) is 18.6 Å². The van der Waals surface area contributed by atoms with Crippen molar-refractivity contribution in [2.24, 2.45) is 29.4 Å². The van der Waals surface area contributed by atoms with Gasteiger partial charge in [-0.25, -0.2) is 0 Å². The molecule has 1 saturated heterocycles. The Morgan fingerprint density at radius 1 is 1.05 bits per heavy atom. The maximum absolute atomic E-state index is 6.41. The Morgan fingerprint density at radius 2 is 1.79 bits per heavy atom. The van der Waals surface area contributed by atoms with E-state index >= 15 is 0 Å². The molecule has 2 N–H and O–H groups in total. The first-order valence-corrected chi connectivity index (χ1v) is 8.48. The molecule has 1 aliphatic carbocycles. The van der Waals surface area contributed by atoms with Crippen LogP contribution < -0.4 is 5.73 Å². The molecule has 0 radical (unpaired) electrons. The van der Waals surface area contributed by atoms with Gasteiger partial charge in [-0.1, -0.05) is 27.7 Å². The molecule has 2 aliphatic rings. The standard InChI is InChI=1S/C17H34N2/c1-12(2)14-7-8-16(18)15(10-14)11-19-9-5-6-17(19)13(3)4/h12-17H,5-11,18H2,1-4H3. The summed E-state index contributed by atoms with van der Waals surface area (Å²) in [5.74, 6) is 3.27. The van der Waals surface area contributed by atoms with Crippen molar-refractivity contribution >= 4 is 0 Å². The maximum Gasteiger partial charge on any atom is 0.0119 e. The average molecular weight is 266 g/mol. The molecule has 0 spiro atoms. The lowest BCUT2D eigenvalue weighted by Gasteiger charge is -2.39. The third-order valence-corrected chi connectivity index (χ3v) is 5.68. The molecule has 1 saturated carbocycles. The first kappa shape index (κ1) is 15.3. The molecular weight excluding hydrogens is 232 g/mol. The van der Waals surface area contributed by atoms with Gasteiger partial charge in [0.25, 0.3) is 0 Å². The number of likely N-dealkylation sites (tertiary alicyclic amines) is 1. The van der Waals surface area contributed by atoms with E-state index in [1.54, 1.807) is 0 Å². The Hall–Kier alpha value is -0.0800. The van der Waals surface area contributed by atoms with Gasteiger partial charge in [0.05, 0.1) is 0 Å². The quantitative estimate of drug-likeness (QED) is 0.844. The second-order valence-electron chi connectivity index (χ2n) is 7.69. The van der Waals surface area contributed by atoms with Crippen LogP contribution in [-0.4, -0.2) is 30.1 Å². The number of hydrogen-bond acceptors (Lipinski definition) is 2. The second kappa shape index (κ2) is 6.58. The normalized spacial score (nSPS) is 37.4. The first-order valence-electron chi connectivity index (χ1n) is 8.48. The van der Waals surface area contributed by atoms with Crippen LogP contribution in [0.15, 0.2) is 0 Å². The van der Waals surface area contributed by atoms with E-state index in [9.17, 15) is 0 Å². The minimum Gasteiger partial charge on any atom is -0.327 e. The molecule has 0 bridgehead atoms. The number of nitrogens with zero attached hydrogens (tertiary/aromatic N) is 1. The molecule has 4 unspecified atom stereocenters. The largest absolute Gasteiger partial charge is 0.327 e. The molecule has 2 rings (SSSR count). The van der Waals surface area contributed by atoms with Gasteiger partial charge in [-0.3, -0.25) is 4.90 Å². The van der Waals surface area contributed by atoms with Crippen LogP contribution in [0.5, 0.6) is 0 Å². The third-order valence-electron chi connectivity index (χ3n) is 5.68. The lowest BCUT2D eigenvalue weighted by atomic mass is 9.73. The highest BCUT2D eigenvalue weighted by molar-refractivity contribution is 4.89. The predicted octanol–water partition coefficient (Wildman–Crippen LogP) is 3.51. The summed E-state index contributed by atoms with van der Waals surface area (Å²) < 4.78 is 0. The van der Waals surface area contributed by atoms with Gasteiger partial charge >= 0.3 is 0 Å². The molecule has 0 aromatic heterocycles. The van der Waals surface area contributed by atoms with Crippen LogP contribution in [0.3, 0.4) is 0 Å². The van der Waals surface area contributed by atoms with Crippen molar-refractivity contribution in [3.63, 3.8) is 0 Å². The van der Waals surface area contributed by atoms with Gasteiger partial charge in [0.1, 0.15) is 0 Å². The van der Waals surface area contributed by atoms with Crippen LogP contribution in [0.25, 0.3) is 0 Å². The average Bonchev–Trinajstić information content (AvgIpc) is 2.80. The van der Waals surface area contributed by atoms with Gasteiger partial charge in [0.15, 0.2) is 0 Å². The third kappa shape index (κ3) is 3.72. The molecule has 1 aliphatic heterocycles. The highest BCUT2D eigenvalue weighted by atomic mass is 15.2. The molecule has 2 heteroatoms. The Balaban J connectivity index is 1.92. The van der Waals surface area contributed by atoms with Gasteiger partial charge in [-0.05, 0) is 62.3 Å². The lowest BCUT2D eigenvalue weighted by Crippen LogP contribution is -2.46. The van der Waals surface area contributed by atoms with Gasteiger partial charge in [-0.15, -0.1) is 0 Å². The van der Waals surface area contributed by atoms with Crippen molar-refractivity contribution in [2.45, 2.75) is 71.9 Å². The Labute approximate surface area is 120 Å². The summed E-state index contributed by atoms with van der Waals surface area (Å²) in [6, 6.07) is 1.26. The molecule has 112 valence electrons. The number of hydrogen-bond donors (Lipinski definition) is 1. The van der Waals surface area contributed by atoms with Gasteiger partial charge < -0.3 is 5.73 Å². The molecule has 2 nitrogen and oxygen atoms in total. The Bertz CT molecular complexity index is 274. The topological polar surface area (TPSA) is 29.3 Å². The summed E-state index contributed by atoms with van der Waals surface area (Å²) in [7, 11) is 0. The van der Waals surface area contributed by atoms with E-state index in [1.165, 1.54) is 45.2 Å². The zero-order valence-electron chi connectivity index (χ0n) is 13.4. The molecule has 4 atom stereocenters. The molecule has 19 heavy (non-hydrogen) atoms. The summed E-state index contributed by atoms with van der Waals surface area (Å²) in [5.41, 5.74) is 6.41. The van der Waals surface area contributed by atoms with Crippen molar-refractivity contribution in [2.75, 3.05) is 13.1 Å². The number of nitrogens with two attached hydrogens (primary N) is 1. The van der Waals surface area contributed by atoms with E-state index in [4.69, 9.17) is 5.73 Å². The summed E-state index contributed by atoms with van der Waals surface area (Å²) >= 11 is 0. The van der Waals surface area contributed by atoms with Crippen molar-refractivity contribution in [1.82, 2.24) is 4.90 Å². The fourth-order valence-electron chi connectivity index (χ4n) is 4.27. The Morgan fingerprint density at radius 3 is 2.42 bits per heavy atom. The molecule has 0 amide bonds. The zero-order valence-corrected chi connectivity index (χ0v) is 13.4. The summed E-state index contributed by atoms with van der Waals surface area (Å²) in [6.07, 6.45) is 6.74. The van der Waals surface area contributed by atoms with E-state index in [1.807, 2.05) is 0 Å². The summed E-state index contributed by atoms with van der Waals surface area (Å²) in [4.78, 5) is 2.75. The van der Waals surface area contributed by atoms with Crippen molar-refractivity contribution in [3.8, 4) is 0 Å². The minimum atomic E-state index is 0.448. The van der Waals surface area contributed by atoms with Crippen molar-refractivity contribution < 1.29 is 0 Å². The van der Waals surface area contributed by atoms with Crippen molar-refractivity contribution in [3.05, 3.63) is 0 Å². The Kier molecular flexibility index (Phi) is 5.30. The summed E-state index contributed by atoms with van der Waals surface area (Å²) in [5, 5.41) is 0. The molecule has 1 heterocycles. The van der Waals surface area contributed by atoms with Crippen LogP contribution in [0.2, 0.25) is 0 Å². The van der Waals surface area contributed by atoms with Crippen LogP contribution in [0.1, 0.15) is 59.8 Å². The molecule has 0 aromatic rings. The van der Waals surface area contributed by atoms with E-state index in [-0.39, 0.29) is 0 Å². The SMILES string of the molecule is CC(C)C1CCC(N)C(CN2CCCC2C(C)C)C1. The smallest absolute Gasteiger partial charge is 0.0119 e.